The van der Waals surface area contributed by atoms with E-state index in [9.17, 15) is 17.6 Å². The molecule has 0 radical (unpaired) electrons. The van der Waals surface area contributed by atoms with Gasteiger partial charge in [0.05, 0.1) is 11.5 Å². The van der Waals surface area contributed by atoms with E-state index in [0.717, 1.165) is 18.7 Å². The van der Waals surface area contributed by atoms with Crippen molar-refractivity contribution in [2.75, 3.05) is 18.1 Å². The van der Waals surface area contributed by atoms with Gasteiger partial charge in [-0.2, -0.15) is 0 Å². The number of sulfone groups is 1. The van der Waals surface area contributed by atoms with Crippen LogP contribution in [0.15, 0.2) is 12.3 Å². The van der Waals surface area contributed by atoms with E-state index in [4.69, 9.17) is 0 Å². The van der Waals surface area contributed by atoms with Gasteiger partial charge in [-0.1, -0.05) is 0 Å². The van der Waals surface area contributed by atoms with Crippen LogP contribution >= 0.6 is 0 Å². The maximum Gasteiger partial charge on any atom is 0.267 e. The third-order valence-corrected chi connectivity index (χ3v) is 5.12. The second kappa shape index (κ2) is 5.73. The zero-order valence-electron chi connectivity index (χ0n) is 10.5. The van der Waals surface area contributed by atoms with Crippen LogP contribution in [0.5, 0.6) is 0 Å². The van der Waals surface area contributed by atoms with Crippen molar-refractivity contribution in [3.63, 3.8) is 0 Å². The monoisotopic (exact) mass is 288 g/mol. The fraction of sp³-hybridized carbons (Fsp3) is 0.583. The van der Waals surface area contributed by atoms with Crippen molar-refractivity contribution in [1.82, 2.24) is 10.3 Å². The van der Waals surface area contributed by atoms with Crippen LogP contribution in [0.25, 0.3) is 0 Å². The van der Waals surface area contributed by atoms with E-state index in [-0.39, 0.29) is 23.1 Å². The van der Waals surface area contributed by atoms with Crippen LogP contribution in [-0.4, -0.2) is 37.4 Å². The van der Waals surface area contributed by atoms with E-state index in [1.54, 1.807) is 0 Å². The Morgan fingerprint density at radius 2 is 2.11 bits per heavy atom. The van der Waals surface area contributed by atoms with Gasteiger partial charge in [-0.15, -0.1) is 0 Å². The number of rotatable bonds is 4. The number of hydrogen-bond donors (Lipinski definition) is 2. The quantitative estimate of drug-likeness (QED) is 0.870. The first-order valence-electron chi connectivity index (χ1n) is 6.29. The summed E-state index contributed by atoms with van der Waals surface area (Å²) in [5, 5.41) is 2.69. The molecule has 0 saturated carbocycles. The highest BCUT2D eigenvalue weighted by molar-refractivity contribution is 7.91. The molecule has 106 valence electrons. The lowest BCUT2D eigenvalue weighted by molar-refractivity contribution is 0.0946. The molecular formula is C12H17FN2O3S. The second-order valence-electron chi connectivity index (χ2n) is 4.87. The minimum Gasteiger partial charge on any atom is -0.355 e. The molecule has 1 aliphatic rings. The lowest BCUT2D eigenvalue weighted by atomic mass is 9.99. The summed E-state index contributed by atoms with van der Waals surface area (Å²) in [5.41, 5.74) is 0.198. The van der Waals surface area contributed by atoms with Crippen molar-refractivity contribution in [3.05, 3.63) is 23.8 Å². The summed E-state index contributed by atoms with van der Waals surface area (Å²) in [6, 6.07) is 1.14. The average molecular weight is 288 g/mol. The zero-order valence-corrected chi connectivity index (χ0v) is 11.3. The molecule has 5 nitrogen and oxygen atoms in total. The van der Waals surface area contributed by atoms with E-state index in [1.807, 2.05) is 0 Å². The first-order chi connectivity index (χ1) is 8.96. The van der Waals surface area contributed by atoms with Crippen LogP contribution in [0.2, 0.25) is 0 Å². The van der Waals surface area contributed by atoms with Crippen molar-refractivity contribution in [2.45, 2.75) is 19.3 Å². The molecule has 1 aromatic rings. The fourth-order valence-electron chi connectivity index (χ4n) is 2.21. The molecular weight excluding hydrogens is 271 g/mol. The van der Waals surface area contributed by atoms with E-state index in [0.29, 0.717) is 25.3 Å². The molecule has 1 fully saturated rings. The first-order valence-corrected chi connectivity index (χ1v) is 8.11. The Balaban J connectivity index is 1.71. The largest absolute Gasteiger partial charge is 0.355 e. The second-order valence-corrected chi connectivity index (χ2v) is 7.17. The van der Waals surface area contributed by atoms with Gasteiger partial charge in [-0.25, -0.2) is 12.8 Å². The Hall–Kier alpha value is -1.37. The number of nitrogens with one attached hydrogen (secondary N) is 2. The molecule has 0 unspecified atom stereocenters. The summed E-state index contributed by atoms with van der Waals surface area (Å²) >= 11 is 0. The molecule has 0 aliphatic carbocycles. The molecule has 1 aromatic heterocycles. The molecule has 0 atom stereocenters. The number of halogens is 1. The molecule has 0 spiro atoms. The van der Waals surface area contributed by atoms with Gasteiger partial charge in [0.2, 0.25) is 0 Å². The van der Waals surface area contributed by atoms with Crippen LogP contribution in [-0.2, 0) is 9.84 Å². The summed E-state index contributed by atoms with van der Waals surface area (Å²) in [7, 11) is -2.83. The van der Waals surface area contributed by atoms with Gasteiger partial charge in [0.25, 0.3) is 5.91 Å². The smallest absolute Gasteiger partial charge is 0.267 e. The minimum atomic E-state index is -2.83. The van der Waals surface area contributed by atoms with Crippen LogP contribution in [0, 0.1) is 11.7 Å². The molecule has 2 rings (SSSR count). The van der Waals surface area contributed by atoms with Crippen LogP contribution < -0.4 is 5.32 Å². The van der Waals surface area contributed by atoms with Gasteiger partial charge >= 0.3 is 0 Å². The van der Waals surface area contributed by atoms with Crippen molar-refractivity contribution in [2.24, 2.45) is 5.92 Å². The van der Waals surface area contributed by atoms with E-state index in [1.165, 1.54) is 0 Å². The predicted molar refractivity (Wildman–Crippen MR) is 69.1 cm³/mol. The number of carbonyl (C=O) groups excluding carboxylic acids is 1. The molecule has 2 N–H and O–H groups in total. The third-order valence-electron chi connectivity index (χ3n) is 3.40. The van der Waals surface area contributed by atoms with Gasteiger partial charge in [-0.3, -0.25) is 4.79 Å². The number of H-pyrrole nitrogens is 1. The van der Waals surface area contributed by atoms with Gasteiger partial charge in [0, 0.05) is 18.8 Å². The summed E-state index contributed by atoms with van der Waals surface area (Å²) < 4.78 is 35.2. The van der Waals surface area contributed by atoms with Gasteiger partial charge in [-0.05, 0) is 25.2 Å². The predicted octanol–water partition coefficient (Wildman–Crippen LogP) is 1.10. The Morgan fingerprint density at radius 3 is 2.68 bits per heavy atom. The number of aromatic amines is 1. The molecule has 7 heteroatoms. The Kier molecular flexibility index (Phi) is 4.24. The first kappa shape index (κ1) is 14.0. The lowest BCUT2D eigenvalue weighted by Gasteiger charge is -2.21. The highest BCUT2D eigenvalue weighted by Gasteiger charge is 2.23. The van der Waals surface area contributed by atoms with Crippen molar-refractivity contribution in [1.29, 1.82) is 0 Å². The van der Waals surface area contributed by atoms with Crippen LogP contribution in [0.1, 0.15) is 29.8 Å². The maximum atomic E-state index is 12.7. The fourth-order valence-corrected chi connectivity index (χ4v) is 3.80. The molecule has 2 heterocycles. The highest BCUT2D eigenvalue weighted by atomic mass is 32.2. The highest BCUT2D eigenvalue weighted by Crippen LogP contribution is 2.21. The number of amides is 1. The van der Waals surface area contributed by atoms with Gasteiger partial charge < -0.3 is 10.3 Å². The molecule has 1 saturated heterocycles. The van der Waals surface area contributed by atoms with Crippen molar-refractivity contribution in [3.8, 4) is 0 Å². The van der Waals surface area contributed by atoms with Gasteiger partial charge in [0.15, 0.2) is 0 Å². The summed E-state index contributed by atoms with van der Waals surface area (Å²) in [4.78, 5) is 14.1. The molecule has 0 aromatic carbocycles. The normalized spacial score (nSPS) is 19.2. The van der Waals surface area contributed by atoms with Gasteiger partial charge in [0.1, 0.15) is 21.3 Å². The summed E-state index contributed by atoms with van der Waals surface area (Å²) in [6.45, 7) is 0.476. The molecule has 0 bridgehead atoms. The minimum absolute atomic E-state index is 0.198. The van der Waals surface area contributed by atoms with Crippen molar-refractivity contribution >= 4 is 15.7 Å². The topological polar surface area (TPSA) is 79.0 Å². The maximum absolute atomic E-state index is 12.7. The Morgan fingerprint density at radius 1 is 1.42 bits per heavy atom. The average Bonchev–Trinajstić information content (AvgIpc) is 2.78. The third kappa shape index (κ3) is 4.05. The van der Waals surface area contributed by atoms with Crippen molar-refractivity contribution < 1.29 is 17.6 Å². The standard InChI is InChI=1S/C12H17FN2O3S/c13-10-7-11(15-8-10)12(16)14-4-1-9-2-5-19(17,18)6-3-9/h7-9,15H,1-6H2,(H,14,16). The lowest BCUT2D eigenvalue weighted by Crippen LogP contribution is -2.29. The Bertz CT molecular complexity index is 539. The van der Waals surface area contributed by atoms with E-state index < -0.39 is 15.7 Å². The number of carbonyl (C=O) groups is 1. The molecule has 1 amide bonds. The SMILES string of the molecule is O=C(NCCC1CCS(=O)(=O)CC1)c1cc(F)c[nH]1. The van der Waals surface area contributed by atoms with Crippen LogP contribution in [0.4, 0.5) is 4.39 Å². The zero-order chi connectivity index (χ0) is 13.9. The summed E-state index contributed by atoms with van der Waals surface area (Å²) in [6.07, 6.45) is 3.20. The van der Waals surface area contributed by atoms with E-state index in [2.05, 4.69) is 10.3 Å². The number of hydrogen-bond acceptors (Lipinski definition) is 3. The number of aromatic nitrogens is 1. The van der Waals surface area contributed by atoms with E-state index >= 15 is 0 Å². The Labute approximate surface area is 111 Å². The van der Waals surface area contributed by atoms with Crippen LogP contribution in [0.3, 0.4) is 0 Å². The molecule has 1 aliphatic heterocycles. The molecule has 19 heavy (non-hydrogen) atoms. The summed E-state index contributed by atoms with van der Waals surface area (Å²) in [5.74, 6) is 0.0140.